The van der Waals surface area contributed by atoms with Gasteiger partial charge in [0, 0.05) is 13.5 Å². The number of nitrogens with zero attached hydrogens (tertiary/aromatic N) is 1. The molecule has 1 aromatic rings. The number of carbonyl (C=O) groups excluding carboxylic acids is 1. The molecule has 2 N–H and O–H groups in total. The zero-order valence-electron chi connectivity index (χ0n) is 10.4. The Hall–Kier alpha value is -1.62. The van der Waals surface area contributed by atoms with Crippen LogP contribution < -0.4 is 5.73 Å². The molecule has 1 aromatic heterocycles. The normalized spacial score (nSPS) is 11.2. The number of pyridine rings is 1. The van der Waals surface area contributed by atoms with Gasteiger partial charge in [-0.15, -0.1) is 0 Å². The fraction of sp³-hybridized carbons (Fsp3) is 0.500. The molecule has 17 heavy (non-hydrogen) atoms. The number of esters is 1. The van der Waals surface area contributed by atoms with Crippen molar-refractivity contribution in [1.82, 2.24) is 4.98 Å². The summed E-state index contributed by atoms with van der Waals surface area (Å²) in [7, 11) is 1.63. The maximum Gasteiger partial charge on any atom is 0.356 e. The lowest BCUT2D eigenvalue weighted by Crippen LogP contribution is -2.25. The summed E-state index contributed by atoms with van der Waals surface area (Å²) in [6.07, 6.45) is 2.06. The van der Waals surface area contributed by atoms with Gasteiger partial charge < -0.3 is 15.2 Å². The van der Waals surface area contributed by atoms with Gasteiger partial charge in [0.15, 0.2) is 0 Å². The van der Waals surface area contributed by atoms with Crippen molar-refractivity contribution in [3.63, 3.8) is 0 Å². The van der Waals surface area contributed by atoms with Crippen LogP contribution in [0.4, 0.5) is 5.69 Å². The predicted molar refractivity (Wildman–Crippen MR) is 64.6 cm³/mol. The standard InChI is InChI=1S/C12H18N2O3/c1-12(2,16-3)6-7-17-11(15)10-5-4-9(13)8-14-10/h4-5,8H,6-7,13H2,1-3H3. The second kappa shape index (κ2) is 5.63. The van der Waals surface area contributed by atoms with Crippen LogP contribution >= 0.6 is 0 Å². The molecule has 1 rings (SSSR count). The van der Waals surface area contributed by atoms with Gasteiger partial charge in [0.1, 0.15) is 5.69 Å². The smallest absolute Gasteiger partial charge is 0.356 e. The largest absolute Gasteiger partial charge is 0.461 e. The molecule has 0 amide bonds. The van der Waals surface area contributed by atoms with E-state index in [1.807, 2.05) is 13.8 Å². The van der Waals surface area contributed by atoms with Crippen LogP contribution in [0.3, 0.4) is 0 Å². The maximum atomic E-state index is 11.6. The number of nitrogen functional groups attached to an aromatic ring is 1. The third kappa shape index (κ3) is 4.40. The Morgan fingerprint density at radius 1 is 1.47 bits per heavy atom. The number of carbonyl (C=O) groups is 1. The van der Waals surface area contributed by atoms with Gasteiger partial charge in [-0.3, -0.25) is 0 Å². The average Bonchev–Trinajstić information content (AvgIpc) is 2.29. The van der Waals surface area contributed by atoms with Crippen LogP contribution in [0.25, 0.3) is 0 Å². The van der Waals surface area contributed by atoms with Crippen LogP contribution in [0.5, 0.6) is 0 Å². The number of hydrogen-bond acceptors (Lipinski definition) is 5. The van der Waals surface area contributed by atoms with Gasteiger partial charge in [0.2, 0.25) is 0 Å². The van der Waals surface area contributed by atoms with E-state index in [0.717, 1.165) is 0 Å². The molecular formula is C12H18N2O3. The fourth-order valence-electron chi connectivity index (χ4n) is 1.09. The molecule has 0 aromatic carbocycles. The van der Waals surface area contributed by atoms with E-state index in [4.69, 9.17) is 15.2 Å². The Morgan fingerprint density at radius 2 is 2.18 bits per heavy atom. The minimum absolute atomic E-state index is 0.259. The van der Waals surface area contributed by atoms with Gasteiger partial charge >= 0.3 is 5.97 Å². The van der Waals surface area contributed by atoms with Gasteiger partial charge in [-0.25, -0.2) is 9.78 Å². The number of aromatic nitrogens is 1. The van der Waals surface area contributed by atoms with Crippen molar-refractivity contribution in [2.24, 2.45) is 0 Å². The third-order valence-electron chi connectivity index (χ3n) is 2.49. The second-order valence-electron chi connectivity index (χ2n) is 4.33. The molecular weight excluding hydrogens is 220 g/mol. The van der Waals surface area contributed by atoms with E-state index in [1.165, 1.54) is 6.20 Å². The molecule has 5 nitrogen and oxygen atoms in total. The third-order valence-corrected chi connectivity index (χ3v) is 2.49. The number of nitrogens with two attached hydrogens (primary N) is 1. The Bertz CT molecular complexity index is 374. The summed E-state index contributed by atoms with van der Waals surface area (Å²) in [5.41, 5.74) is 5.95. The Morgan fingerprint density at radius 3 is 2.71 bits per heavy atom. The highest BCUT2D eigenvalue weighted by Crippen LogP contribution is 2.13. The molecule has 0 bridgehead atoms. The van der Waals surface area contributed by atoms with Crippen LogP contribution in [0.1, 0.15) is 30.8 Å². The molecule has 0 saturated carbocycles. The lowest BCUT2D eigenvalue weighted by atomic mass is 10.1. The Balaban J connectivity index is 2.43. The van der Waals surface area contributed by atoms with Crippen molar-refractivity contribution in [2.75, 3.05) is 19.5 Å². The lowest BCUT2D eigenvalue weighted by molar-refractivity contribution is -0.00580. The zero-order valence-corrected chi connectivity index (χ0v) is 10.4. The Kier molecular flexibility index (Phi) is 4.45. The van der Waals surface area contributed by atoms with Crippen molar-refractivity contribution >= 4 is 11.7 Å². The first-order valence-corrected chi connectivity index (χ1v) is 5.38. The van der Waals surface area contributed by atoms with Crippen LogP contribution in [0.2, 0.25) is 0 Å². The molecule has 0 atom stereocenters. The molecule has 0 aliphatic rings. The van der Waals surface area contributed by atoms with Crippen molar-refractivity contribution in [3.8, 4) is 0 Å². The van der Waals surface area contributed by atoms with E-state index in [-0.39, 0.29) is 11.3 Å². The summed E-state index contributed by atoms with van der Waals surface area (Å²) in [4.78, 5) is 15.4. The highest BCUT2D eigenvalue weighted by molar-refractivity contribution is 5.87. The molecule has 0 unspecified atom stereocenters. The molecule has 5 heteroatoms. The first kappa shape index (κ1) is 13.4. The van der Waals surface area contributed by atoms with E-state index in [0.29, 0.717) is 18.7 Å². The minimum atomic E-state index is -0.447. The number of anilines is 1. The van der Waals surface area contributed by atoms with Crippen molar-refractivity contribution in [1.29, 1.82) is 0 Å². The number of methoxy groups -OCH3 is 1. The van der Waals surface area contributed by atoms with Crippen molar-refractivity contribution in [2.45, 2.75) is 25.9 Å². The number of rotatable bonds is 5. The average molecular weight is 238 g/mol. The number of ether oxygens (including phenoxy) is 2. The summed E-state index contributed by atoms with van der Waals surface area (Å²) >= 11 is 0. The highest BCUT2D eigenvalue weighted by atomic mass is 16.5. The van der Waals surface area contributed by atoms with Gasteiger partial charge in [0.25, 0.3) is 0 Å². The van der Waals surface area contributed by atoms with Crippen LogP contribution in [0, 0.1) is 0 Å². The van der Waals surface area contributed by atoms with Gasteiger partial charge in [0.05, 0.1) is 24.1 Å². The van der Waals surface area contributed by atoms with Gasteiger partial charge in [-0.05, 0) is 26.0 Å². The molecule has 0 fully saturated rings. The maximum absolute atomic E-state index is 11.6. The molecule has 0 spiro atoms. The van der Waals surface area contributed by atoms with Crippen LogP contribution in [-0.4, -0.2) is 30.3 Å². The molecule has 0 aliphatic carbocycles. The fourth-order valence-corrected chi connectivity index (χ4v) is 1.09. The lowest BCUT2D eigenvalue weighted by Gasteiger charge is -2.22. The molecule has 0 radical (unpaired) electrons. The summed E-state index contributed by atoms with van der Waals surface area (Å²) in [6.45, 7) is 4.16. The summed E-state index contributed by atoms with van der Waals surface area (Å²) in [6, 6.07) is 3.15. The van der Waals surface area contributed by atoms with Gasteiger partial charge in [-0.2, -0.15) is 0 Å². The zero-order chi connectivity index (χ0) is 12.9. The van der Waals surface area contributed by atoms with Crippen molar-refractivity contribution < 1.29 is 14.3 Å². The molecule has 0 aliphatic heterocycles. The molecule has 0 saturated heterocycles. The van der Waals surface area contributed by atoms with Crippen LogP contribution in [0.15, 0.2) is 18.3 Å². The SMILES string of the molecule is COC(C)(C)CCOC(=O)c1ccc(N)cn1. The number of hydrogen-bond donors (Lipinski definition) is 1. The van der Waals surface area contributed by atoms with Crippen LogP contribution in [-0.2, 0) is 9.47 Å². The van der Waals surface area contributed by atoms with E-state index in [9.17, 15) is 4.79 Å². The van der Waals surface area contributed by atoms with E-state index in [2.05, 4.69) is 4.98 Å². The van der Waals surface area contributed by atoms with E-state index >= 15 is 0 Å². The van der Waals surface area contributed by atoms with E-state index < -0.39 is 5.97 Å². The highest BCUT2D eigenvalue weighted by Gasteiger charge is 2.17. The van der Waals surface area contributed by atoms with Crippen molar-refractivity contribution in [3.05, 3.63) is 24.0 Å². The quantitative estimate of drug-likeness (QED) is 0.789. The minimum Gasteiger partial charge on any atom is -0.461 e. The topological polar surface area (TPSA) is 74.4 Å². The predicted octanol–water partition coefficient (Wildman–Crippen LogP) is 1.64. The first-order chi connectivity index (χ1) is 7.94. The Labute approximate surface area is 101 Å². The summed E-state index contributed by atoms with van der Waals surface area (Å²) in [5.74, 6) is -0.447. The van der Waals surface area contributed by atoms with Gasteiger partial charge in [-0.1, -0.05) is 0 Å². The summed E-state index contributed by atoms with van der Waals surface area (Å²) < 4.78 is 10.3. The monoisotopic (exact) mass is 238 g/mol. The first-order valence-electron chi connectivity index (χ1n) is 5.38. The van der Waals surface area contributed by atoms with E-state index in [1.54, 1.807) is 19.2 Å². The molecule has 1 heterocycles. The summed E-state index contributed by atoms with van der Waals surface area (Å²) in [5, 5.41) is 0. The molecule has 94 valence electrons. The second-order valence-corrected chi connectivity index (χ2v) is 4.33.